The monoisotopic (exact) mass is 330 g/mol. The Morgan fingerprint density at radius 1 is 1.32 bits per heavy atom. The van der Waals surface area contributed by atoms with E-state index >= 15 is 0 Å². The number of fused-ring (bicyclic) bond motifs is 3. The van der Waals surface area contributed by atoms with Gasteiger partial charge in [0.15, 0.2) is 5.88 Å². The first-order chi connectivity index (χ1) is 10.3. The molecule has 0 saturated heterocycles. The number of rotatable bonds is 2. The lowest BCUT2D eigenvalue weighted by molar-refractivity contribution is -0.136. The first-order valence-corrected chi connectivity index (χ1v) is 7.99. The van der Waals surface area contributed by atoms with Gasteiger partial charge >= 0.3 is 6.18 Å². The van der Waals surface area contributed by atoms with Crippen LogP contribution >= 0.6 is 11.8 Å². The fraction of sp³-hybridized carbons (Fsp3) is 0.467. The number of nitrogens with zero attached hydrogens (tertiary/aromatic N) is 1. The van der Waals surface area contributed by atoms with E-state index in [1.165, 1.54) is 11.8 Å². The third-order valence-corrected chi connectivity index (χ3v) is 4.69. The topological polar surface area (TPSA) is 37.2 Å². The summed E-state index contributed by atoms with van der Waals surface area (Å²) in [5, 5.41) is 14.0. The number of hydrogen-bond acceptors (Lipinski definition) is 3. The van der Waals surface area contributed by atoms with Crippen molar-refractivity contribution < 1.29 is 18.3 Å². The Kier molecular flexibility index (Phi) is 3.81. The van der Waals surface area contributed by atoms with E-state index in [4.69, 9.17) is 0 Å². The van der Waals surface area contributed by atoms with Crippen molar-refractivity contribution in [2.24, 2.45) is 0 Å². The molecule has 2 heterocycles. The Hall–Kier alpha value is -1.34. The van der Waals surface area contributed by atoms with E-state index < -0.39 is 11.7 Å². The summed E-state index contributed by atoms with van der Waals surface area (Å²) in [6.07, 6.45) is -4.49. The van der Waals surface area contributed by atoms with Crippen LogP contribution in [0.15, 0.2) is 17.0 Å². The van der Waals surface area contributed by atoms with Crippen molar-refractivity contribution in [3.05, 3.63) is 23.4 Å². The van der Waals surface area contributed by atoms with Crippen LogP contribution in [0.1, 0.15) is 25.1 Å². The van der Waals surface area contributed by atoms with E-state index in [-0.39, 0.29) is 16.5 Å². The smallest absolute Gasteiger partial charge is 0.417 e. The van der Waals surface area contributed by atoms with Gasteiger partial charge < -0.3 is 15.0 Å². The van der Waals surface area contributed by atoms with Crippen molar-refractivity contribution in [3.63, 3.8) is 0 Å². The Balaban J connectivity index is 2.32. The molecule has 0 radical (unpaired) electrons. The molecule has 1 aliphatic rings. The van der Waals surface area contributed by atoms with Gasteiger partial charge in [-0.3, -0.25) is 0 Å². The van der Waals surface area contributed by atoms with Crippen molar-refractivity contribution in [3.8, 4) is 5.88 Å². The predicted molar refractivity (Wildman–Crippen MR) is 81.3 cm³/mol. The van der Waals surface area contributed by atoms with Crippen LogP contribution in [0.3, 0.4) is 0 Å². The van der Waals surface area contributed by atoms with Crippen molar-refractivity contribution in [1.82, 2.24) is 9.88 Å². The molecule has 0 spiro atoms. The summed E-state index contributed by atoms with van der Waals surface area (Å²) in [4.78, 5) is 0.578. The molecular formula is C15H17F3N2OS. The molecule has 120 valence electrons. The standard InChI is InChI=1S/C15H17F3N2OS/c1-8(2)22-9-5-10-12-7-19-3-4-20(12)14(21)13(10)11(6-9)15(16,17)18/h5-6,8,19,21H,3-4,7H2,1-2H3. The zero-order chi connectivity index (χ0) is 16.1. The van der Waals surface area contributed by atoms with Crippen molar-refractivity contribution in [2.45, 2.75) is 43.3 Å². The molecule has 0 bridgehead atoms. The molecule has 2 N–H and O–H groups in total. The van der Waals surface area contributed by atoms with E-state index in [1.54, 1.807) is 10.6 Å². The lowest BCUT2D eigenvalue weighted by Gasteiger charge is -2.17. The summed E-state index contributed by atoms with van der Waals surface area (Å²) >= 11 is 1.39. The maximum atomic E-state index is 13.4. The van der Waals surface area contributed by atoms with Crippen LogP contribution in [-0.4, -0.2) is 21.5 Å². The number of halogens is 3. The number of alkyl halides is 3. The summed E-state index contributed by atoms with van der Waals surface area (Å²) < 4.78 is 41.9. The average molecular weight is 330 g/mol. The van der Waals surface area contributed by atoms with E-state index in [0.717, 1.165) is 11.8 Å². The number of hydrogen-bond donors (Lipinski definition) is 2. The summed E-state index contributed by atoms with van der Waals surface area (Å²) in [6, 6.07) is 2.90. The molecule has 3 nitrogen and oxygen atoms in total. The molecule has 7 heteroatoms. The normalized spacial score (nSPS) is 15.5. The Labute approximate surface area is 130 Å². The summed E-state index contributed by atoms with van der Waals surface area (Å²) in [6.45, 7) is 5.45. The number of benzene rings is 1. The van der Waals surface area contributed by atoms with E-state index in [9.17, 15) is 18.3 Å². The highest BCUT2D eigenvalue weighted by molar-refractivity contribution is 7.99. The Morgan fingerprint density at radius 2 is 2.05 bits per heavy atom. The van der Waals surface area contributed by atoms with Crippen LogP contribution in [0.5, 0.6) is 5.88 Å². The van der Waals surface area contributed by atoms with Crippen molar-refractivity contribution >= 4 is 22.5 Å². The van der Waals surface area contributed by atoms with Gasteiger partial charge in [0.2, 0.25) is 0 Å². The molecule has 1 aliphatic heterocycles. The van der Waals surface area contributed by atoms with Crippen molar-refractivity contribution in [1.29, 1.82) is 0 Å². The minimum absolute atomic E-state index is 0.0840. The Bertz CT molecular complexity index is 722. The average Bonchev–Trinajstić information content (AvgIpc) is 2.71. The van der Waals surface area contributed by atoms with Crippen LogP contribution < -0.4 is 5.32 Å². The molecule has 0 unspecified atom stereocenters. The first kappa shape index (κ1) is 15.6. The van der Waals surface area contributed by atoms with Gasteiger partial charge in [-0.05, 0) is 12.1 Å². The summed E-state index contributed by atoms with van der Waals surface area (Å²) in [5.74, 6) is -0.278. The van der Waals surface area contributed by atoms with E-state index in [2.05, 4.69) is 5.32 Å². The summed E-state index contributed by atoms with van der Waals surface area (Å²) in [7, 11) is 0. The second kappa shape index (κ2) is 5.38. The van der Waals surface area contributed by atoms with Gasteiger partial charge in [0.05, 0.1) is 10.9 Å². The molecule has 1 aromatic heterocycles. The molecule has 1 aromatic carbocycles. The Morgan fingerprint density at radius 3 is 2.68 bits per heavy atom. The minimum Gasteiger partial charge on any atom is -0.494 e. The second-order valence-corrected chi connectivity index (χ2v) is 7.31. The summed E-state index contributed by atoms with van der Waals surface area (Å²) in [5.41, 5.74) is -0.0389. The molecule has 0 aliphatic carbocycles. The predicted octanol–water partition coefficient (Wildman–Crippen LogP) is 3.97. The molecule has 0 saturated carbocycles. The van der Waals surface area contributed by atoms with Gasteiger partial charge in [0.25, 0.3) is 0 Å². The number of thioether (sulfide) groups is 1. The maximum absolute atomic E-state index is 13.4. The van der Waals surface area contributed by atoms with Gasteiger partial charge in [-0.15, -0.1) is 11.8 Å². The quantitative estimate of drug-likeness (QED) is 0.818. The lowest BCUT2D eigenvalue weighted by atomic mass is 10.1. The highest BCUT2D eigenvalue weighted by atomic mass is 32.2. The van der Waals surface area contributed by atoms with Crippen LogP contribution in [0.2, 0.25) is 0 Å². The molecule has 22 heavy (non-hydrogen) atoms. The van der Waals surface area contributed by atoms with E-state index in [1.807, 2.05) is 13.8 Å². The van der Waals surface area contributed by atoms with Gasteiger partial charge in [-0.2, -0.15) is 13.2 Å². The minimum atomic E-state index is -4.49. The molecule has 2 aromatic rings. The molecule has 0 fully saturated rings. The van der Waals surface area contributed by atoms with Gasteiger partial charge in [0, 0.05) is 40.9 Å². The third kappa shape index (κ3) is 2.56. The molecule has 0 amide bonds. The van der Waals surface area contributed by atoms with Gasteiger partial charge in [-0.1, -0.05) is 13.8 Å². The van der Waals surface area contributed by atoms with Gasteiger partial charge in [0.1, 0.15) is 0 Å². The maximum Gasteiger partial charge on any atom is 0.417 e. The van der Waals surface area contributed by atoms with Crippen LogP contribution in [-0.2, 0) is 19.3 Å². The zero-order valence-corrected chi connectivity index (χ0v) is 13.1. The molecule has 0 atom stereocenters. The zero-order valence-electron chi connectivity index (χ0n) is 12.3. The van der Waals surface area contributed by atoms with E-state index in [0.29, 0.717) is 29.9 Å². The van der Waals surface area contributed by atoms with Gasteiger partial charge in [-0.25, -0.2) is 0 Å². The molecule has 3 rings (SSSR count). The number of aromatic hydroxyl groups is 1. The highest BCUT2D eigenvalue weighted by Crippen LogP contribution is 2.44. The van der Waals surface area contributed by atoms with Crippen molar-refractivity contribution in [2.75, 3.05) is 6.54 Å². The van der Waals surface area contributed by atoms with Crippen LogP contribution in [0.25, 0.3) is 10.8 Å². The highest BCUT2D eigenvalue weighted by Gasteiger charge is 2.36. The number of aromatic nitrogens is 1. The van der Waals surface area contributed by atoms with Crippen LogP contribution in [0, 0.1) is 0 Å². The van der Waals surface area contributed by atoms with Crippen LogP contribution in [0.4, 0.5) is 13.2 Å². The fourth-order valence-corrected chi connectivity index (χ4v) is 3.80. The second-order valence-electron chi connectivity index (χ2n) is 5.66. The lowest BCUT2D eigenvalue weighted by Crippen LogP contribution is -2.27. The number of nitrogens with one attached hydrogen (secondary N) is 1. The SMILES string of the molecule is CC(C)Sc1cc(C(F)(F)F)c2c(O)n3c(c2c1)CNCC3. The fourth-order valence-electron chi connectivity index (χ4n) is 2.89. The first-order valence-electron chi connectivity index (χ1n) is 7.11. The third-order valence-electron chi connectivity index (χ3n) is 3.71. The largest absolute Gasteiger partial charge is 0.494 e. The molecular weight excluding hydrogens is 313 g/mol.